The predicted molar refractivity (Wildman–Crippen MR) is 143 cm³/mol. The molecule has 1 saturated heterocycles. The number of aromatic nitrogens is 4. The SMILES string of the molecule is CC.COCCNC(=O)CC1CCc2c(OC)cccc2C1=O.c1nc(N2CCCC2)c2[nH]cnc2n1. The highest BCUT2D eigenvalue weighted by atomic mass is 16.5. The molecule has 2 N–H and O–H groups in total. The van der Waals surface area contributed by atoms with Crippen LogP contribution in [0.1, 0.15) is 55.5 Å². The average Bonchev–Trinajstić information content (AvgIpc) is 3.64. The van der Waals surface area contributed by atoms with E-state index in [0.717, 1.165) is 47.8 Å². The summed E-state index contributed by atoms with van der Waals surface area (Å²) in [5.74, 6) is 1.44. The van der Waals surface area contributed by atoms with Gasteiger partial charge in [-0.1, -0.05) is 26.0 Å². The smallest absolute Gasteiger partial charge is 0.220 e. The van der Waals surface area contributed by atoms with E-state index in [0.29, 0.717) is 25.1 Å². The number of carbonyl (C=O) groups excluding carboxylic acids is 2. The lowest BCUT2D eigenvalue weighted by molar-refractivity contribution is -0.122. The fourth-order valence-corrected chi connectivity index (χ4v) is 4.62. The van der Waals surface area contributed by atoms with E-state index in [4.69, 9.17) is 9.47 Å². The van der Waals surface area contributed by atoms with Crippen LogP contribution >= 0.6 is 0 Å². The summed E-state index contributed by atoms with van der Waals surface area (Å²) >= 11 is 0. The third kappa shape index (κ3) is 7.03. The van der Waals surface area contributed by atoms with Gasteiger partial charge in [0.2, 0.25) is 5.91 Å². The van der Waals surface area contributed by atoms with Gasteiger partial charge in [0.15, 0.2) is 17.2 Å². The van der Waals surface area contributed by atoms with Crippen LogP contribution in [-0.2, 0) is 16.0 Å². The molecule has 10 heteroatoms. The number of H-pyrrole nitrogens is 1. The lowest BCUT2D eigenvalue weighted by atomic mass is 9.80. The minimum Gasteiger partial charge on any atom is -0.496 e. The maximum Gasteiger partial charge on any atom is 0.220 e. The van der Waals surface area contributed by atoms with Gasteiger partial charge < -0.3 is 24.7 Å². The van der Waals surface area contributed by atoms with E-state index in [9.17, 15) is 9.59 Å². The zero-order valence-electron chi connectivity index (χ0n) is 22.2. The van der Waals surface area contributed by atoms with E-state index < -0.39 is 0 Å². The van der Waals surface area contributed by atoms with Crippen LogP contribution in [0.3, 0.4) is 0 Å². The molecule has 1 aliphatic carbocycles. The van der Waals surface area contributed by atoms with Gasteiger partial charge in [-0.3, -0.25) is 9.59 Å². The summed E-state index contributed by atoms with van der Waals surface area (Å²) in [6.07, 6.45) is 7.43. The topological polar surface area (TPSA) is 122 Å². The van der Waals surface area contributed by atoms with Crippen molar-refractivity contribution in [1.82, 2.24) is 25.3 Å². The quantitative estimate of drug-likeness (QED) is 0.463. The van der Waals surface area contributed by atoms with Crippen LogP contribution in [0.5, 0.6) is 5.75 Å². The van der Waals surface area contributed by atoms with Crippen molar-refractivity contribution >= 4 is 28.7 Å². The van der Waals surface area contributed by atoms with Gasteiger partial charge in [0, 0.05) is 50.2 Å². The highest BCUT2D eigenvalue weighted by molar-refractivity contribution is 6.02. The molecule has 10 nitrogen and oxygen atoms in total. The highest BCUT2D eigenvalue weighted by Gasteiger charge is 2.30. The normalized spacial score (nSPS) is 16.3. The number of aromatic amines is 1. The summed E-state index contributed by atoms with van der Waals surface area (Å²) in [6, 6.07) is 5.50. The number of amides is 1. The molecule has 3 heterocycles. The van der Waals surface area contributed by atoms with Crippen LogP contribution < -0.4 is 15.0 Å². The molecule has 0 bridgehead atoms. The largest absolute Gasteiger partial charge is 0.496 e. The van der Waals surface area contributed by atoms with Crippen molar-refractivity contribution in [2.24, 2.45) is 5.92 Å². The van der Waals surface area contributed by atoms with Crippen LogP contribution in [-0.4, -0.2) is 72.1 Å². The van der Waals surface area contributed by atoms with E-state index in [-0.39, 0.29) is 24.0 Å². The Morgan fingerprint density at radius 1 is 1.16 bits per heavy atom. The monoisotopic (exact) mass is 510 g/mol. The van der Waals surface area contributed by atoms with E-state index in [1.54, 1.807) is 26.9 Å². The Kier molecular flexibility index (Phi) is 10.8. The molecule has 2 aromatic heterocycles. The van der Waals surface area contributed by atoms with Crippen LogP contribution in [0.15, 0.2) is 30.9 Å². The van der Waals surface area contributed by atoms with Crippen molar-refractivity contribution in [3.63, 3.8) is 0 Å². The fourth-order valence-electron chi connectivity index (χ4n) is 4.62. The first-order valence-corrected chi connectivity index (χ1v) is 13.0. The first-order valence-electron chi connectivity index (χ1n) is 13.0. The molecule has 5 rings (SSSR count). The van der Waals surface area contributed by atoms with Crippen LogP contribution in [0.2, 0.25) is 0 Å². The maximum absolute atomic E-state index is 12.5. The summed E-state index contributed by atoms with van der Waals surface area (Å²) < 4.78 is 10.2. The average molecular weight is 511 g/mol. The number of nitrogens with zero attached hydrogens (tertiary/aromatic N) is 4. The number of ether oxygens (including phenoxy) is 2. The Bertz CT molecular complexity index is 1160. The third-order valence-electron chi connectivity index (χ3n) is 6.40. The molecule has 1 amide bonds. The van der Waals surface area contributed by atoms with Crippen molar-refractivity contribution in [3.8, 4) is 5.75 Å². The summed E-state index contributed by atoms with van der Waals surface area (Å²) in [6.45, 7) is 7.13. The molecule has 1 unspecified atom stereocenters. The molecule has 3 aromatic rings. The number of carbonyl (C=O) groups is 2. The van der Waals surface area contributed by atoms with Crippen molar-refractivity contribution in [2.45, 2.75) is 46.0 Å². The van der Waals surface area contributed by atoms with E-state index in [1.165, 1.54) is 12.8 Å². The second-order valence-corrected chi connectivity index (χ2v) is 8.63. The molecular weight excluding hydrogens is 472 g/mol. The van der Waals surface area contributed by atoms with Crippen molar-refractivity contribution in [1.29, 1.82) is 0 Å². The number of anilines is 1. The van der Waals surface area contributed by atoms with Crippen LogP contribution in [0.25, 0.3) is 11.2 Å². The number of hydrogen-bond acceptors (Lipinski definition) is 8. The Hall–Kier alpha value is -3.53. The molecular formula is C27H38N6O4. The maximum atomic E-state index is 12.5. The van der Waals surface area contributed by atoms with E-state index >= 15 is 0 Å². The van der Waals surface area contributed by atoms with Crippen LogP contribution in [0, 0.1) is 5.92 Å². The number of fused-ring (bicyclic) bond motifs is 2. The fraction of sp³-hybridized carbons (Fsp3) is 0.519. The Morgan fingerprint density at radius 3 is 2.68 bits per heavy atom. The first kappa shape index (κ1) is 28.0. The number of imidazole rings is 1. The molecule has 0 saturated carbocycles. The summed E-state index contributed by atoms with van der Waals surface area (Å²) in [5.41, 5.74) is 3.35. The molecule has 37 heavy (non-hydrogen) atoms. The van der Waals surface area contributed by atoms with Gasteiger partial charge >= 0.3 is 0 Å². The van der Waals surface area contributed by atoms with Gasteiger partial charge in [-0.15, -0.1) is 0 Å². The zero-order valence-corrected chi connectivity index (χ0v) is 22.2. The number of nitrogens with one attached hydrogen (secondary N) is 2. The molecule has 2 aliphatic rings. The molecule has 200 valence electrons. The molecule has 1 aromatic carbocycles. The van der Waals surface area contributed by atoms with Crippen LogP contribution in [0.4, 0.5) is 5.82 Å². The van der Waals surface area contributed by atoms with Gasteiger partial charge in [-0.05, 0) is 31.7 Å². The Labute approximate surface area is 218 Å². The van der Waals surface area contributed by atoms with Crippen molar-refractivity contribution in [3.05, 3.63) is 42.0 Å². The molecule has 0 radical (unpaired) electrons. The molecule has 1 atom stereocenters. The second-order valence-electron chi connectivity index (χ2n) is 8.63. The Balaban J connectivity index is 0.000000205. The number of methoxy groups -OCH3 is 2. The van der Waals surface area contributed by atoms with Crippen molar-refractivity contribution in [2.75, 3.05) is 45.4 Å². The Morgan fingerprint density at radius 2 is 1.95 bits per heavy atom. The second kappa shape index (κ2) is 14.3. The van der Waals surface area contributed by atoms with Gasteiger partial charge in [0.05, 0.1) is 20.0 Å². The summed E-state index contributed by atoms with van der Waals surface area (Å²) in [5, 5.41) is 2.76. The third-order valence-corrected chi connectivity index (χ3v) is 6.40. The number of Topliss-reactive ketones (excluding diaryl/α,β-unsaturated/α-hetero) is 1. The van der Waals surface area contributed by atoms with E-state index in [2.05, 4.69) is 30.2 Å². The minimum atomic E-state index is -0.243. The minimum absolute atomic E-state index is 0.0389. The number of ketones is 1. The van der Waals surface area contributed by atoms with Crippen molar-refractivity contribution < 1.29 is 19.1 Å². The van der Waals surface area contributed by atoms with Gasteiger partial charge in [0.1, 0.15) is 17.6 Å². The zero-order chi connectivity index (χ0) is 26.6. The highest BCUT2D eigenvalue weighted by Crippen LogP contribution is 2.33. The van der Waals surface area contributed by atoms with Gasteiger partial charge in [-0.2, -0.15) is 0 Å². The number of benzene rings is 1. The molecule has 1 aliphatic heterocycles. The lowest BCUT2D eigenvalue weighted by Crippen LogP contribution is -2.32. The number of hydrogen-bond donors (Lipinski definition) is 2. The molecule has 1 fully saturated rings. The standard InChI is InChI=1S/C16H21NO4.C9H11N5.C2H6/c1-20-9-8-17-15(18)10-11-6-7-12-13(16(11)19)4-3-5-14(12)21-2;1-2-4-14(3-1)9-7-8(11-5-10-7)12-6-13-9;1-2/h3-5,11H,6-10H2,1-2H3,(H,17,18);5-6H,1-4H2,(H,10,11,12,13);1-2H3. The van der Waals surface area contributed by atoms with Gasteiger partial charge in [0.25, 0.3) is 0 Å². The predicted octanol–water partition coefficient (Wildman–Crippen LogP) is 3.57. The van der Waals surface area contributed by atoms with Gasteiger partial charge in [-0.25, -0.2) is 15.0 Å². The lowest BCUT2D eigenvalue weighted by Gasteiger charge is -2.24. The molecule has 0 spiro atoms. The summed E-state index contributed by atoms with van der Waals surface area (Å²) in [4.78, 5) is 42.2. The number of rotatable bonds is 7. The summed E-state index contributed by atoms with van der Waals surface area (Å²) in [7, 11) is 3.19. The van der Waals surface area contributed by atoms with E-state index in [1.807, 2.05) is 32.0 Å². The first-order chi connectivity index (χ1) is 18.1.